The summed E-state index contributed by atoms with van der Waals surface area (Å²) in [5, 5.41) is 10.8. The minimum Gasteiger partial charge on any atom is -0.550 e. The van der Waals surface area contributed by atoms with Crippen LogP contribution in [0.1, 0.15) is 23.1 Å². The number of aryl methyl sites for hydroxylation is 1. The fourth-order valence-electron chi connectivity index (χ4n) is 3.48. The van der Waals surface area contributed by atoms with Crippen molar-refractivity contribution < 1.29 is 19.5 Å². The monoisotopic (exact) mass is 437 g/mol. The molecule has 0 saturated carbocycles. The zero-order chi connectivity index (χ0) is 21.4. The van der Waals surface area contributed by atoms with Gasteiger partial charge in [-0.3, -0.25) is 14.5 Å². The Morgan fingerprint density at radius 3 is 2.43 bits per heavy atom. The number of rotatable bonds is 5. The predicted molar refractivity (Wildman–Crippen MR) is 117 cm³/mol. The average Bonchev–Trinajstić information content (AvgIpc) is 3.15. The van der Waals surface area contributed by atoms with Crippen LogP contribution in [0.4, 0.5) is 5.69 Å². The maximum absolute atomic E-state index is 13.4. The van der Waals surface area contributed by atoms with Crippen molar-refractivity contribution in [2.45, 2.75) is 19.9 Å². The minimum absolute atomic E-state index is 0.0767. The van der Waals surface area contributed by atoms with E-state index in [4.69, 9.17) is 12.2 Å². The van der Waals surface area contributed by atoms with Crippen molar-refractivity contribution >= 4 is 57.3 Å². The van der Waals surface area contributed by atoms with Crippen LogP contribution in [0.3, 0.4) is 0 Å². The molecule has 1 fully saturated rings. The molecule has 2 amide bonds. The molecule has 0 aromatic heterocycles. The number of carboxylic acids is 1. The lowest BCUT2D eigenvalue weighted by molar-refractivity contribution is -0.305. The molecule has 0 N–H and O–H groups in total. The van der Waals surface area contributed by atoms with E-state index >= 15 is 0 Å². The quantitative estimate of drug-likeness (QED) is 0.527. The van der Waals surface area contributed by atoms with E-state index in [0.717, 1.165) is 28.6 Å². The summed E-state index contributed by atoms with van der Waals surface area (Å²) in [6, 6.07) is 15.3. The van der Waals surface area contributed by atoms with Crippen LogP contribution in [0.25, 0.3) is 5.57 Å². The first-order valence-corrected chi connectivity index (χ1v) is 10.5. The van der Waals surface area contributed by atoms with Crippen LogP contribution >= 0.6 is 24.0 Å². The Bertz CT molecular complexity index is 1110. The van der Waals surface area contributed by atoms with Gasteiger partial charge in [0.25, 0.3) is 11.8 Å². The van der Waals surface area contributed by atoms with Crippen molar-refractivity contribution in [1.29, 1.82) is 0 Å². The molecule has 0 aliphatic carbocycles. The van der Waals surface area contributed by atoms with E-state index in [9.17, 15) is 19.5 Å². The topological polar surface area (TPSA) is 80.8 Å². The normalized spacial score (nSPS) is 18.4. The van der Waals surface area contributed by atoms with E-state index in [1.54, 1.807) is 4.90 Å². The second kappa shape index (κ2) is 8.04. The van der Waals surface area contributed by atoms with Crippen LogP contribution in [-0.4, -0.2) is 33.5 Å². The molecule has 4 rings (SSSR count). The van der Waals surface area contributed by atoms with Crippen LogP contribution in [0.5, 0.6) is 0 Å². The first kappa shape index (κ1) is 20.3. The highest BCUT2D eigenvalue weighted by atomic mass is 32.2. The van der Waals surface area contributed by atoms with Gasteiger partial charge >= 0.3 is 0 Å². The average molecular weight is 438 g/mol. The summed E-state index contributed by atoms with van der Waals surface area (Å²) in [6.07, 6.45) is -0.320. The van der Waals surface area contributed by atoms with E-state index in [0.29, 0.717) is 17.7 Å². The van der Waals surface area contributed by atoms with Gasteiger partial charge in [0.2, 0.25) is 0 Å². The molecule has 0 bridgehead atoms. The van der Waals surface area contributed by atoms with E-state index < -0.39 is 11.9 Å². The number of fused-ring (bicyclic) bond motifs is 1. The zero-order valence-corrected chi connectivity index (χ0v) is 17.7. The fraction of sp³-hybridized carbons (Fsp3) is 0.182. The number of anilines is 1. The summed E-state index contributed by atoms with van der Waals surface area (Å²) in [4.78, 5) is 40.2. The van der Waals surface area contributed by atoms with Gasteiger partial charge in [0.1, 0.15) is 4.32 Å². The van der Waals surface area contributed by atoms with Crippen molar-refractivity contribution in [3.05, 3.63) is 70.1 Å². The molecular weight excluding hydrogens is 420 g/mol. The number of thiocarbonyl (C=S) groups is 1. The Balaban J connectivity index is 1.71. The lowest BCUT2D eigenvalue weighted by atomic mass is 10.1. The molecule has 1 saturated heterocycles. The Morgan fingerprint density at radius 2 is 1.73 bits per heavy atom. The van der Waals surface area contributed by atoms with Gasteiger partial charge in [0.15, 0.2) is 0 Å². The third-order valence-corrected chi connectivity index (χ3v) is 6.45. The molecule has 0 unspecified atom stereocenters. The molecule has 0 radical (unpaired) electrons. The van der Waals surface area contributed by atoms with Crippen molar-refractivity contribution in [3.63, 3.8) is 0 Å². The molecule has 0 spiro atoms. The van der Waals surface area contributed by atoms with E-state index in [1.165, 1.54) is 4.90 Å². The first-order chi connectivity index (χ1) is 14.4. The van der Waals surface area contributed by atoms with Gasteiger partial charge in [-0.25, -0.2) is 0 Å². The van der Waals surface area contributed by atoms with E-state index in [1.807, 2.05) is 55.5 Å². The number of hydrogen-bond acceptors (Lipinski definition) is 6. The summed E-state index contributed by atoms with van der Waals surface area (Å²) in [5.41, 5.74) is 3.83. The molecule has 0 atom stereocenters. The highest BCUT2D eigenvalue weighted by Crippen LogP contribution is 2.45. The van der Waals surface area contributed by atoms with E-state index in [-0.39, 0.29) is 28.1 Å². The van der Waals surface area contributed by atoms with Gasteiger partial charge in [0, 0.05) is 24.5 Å². The lowest BCUT2D eigenvalue weighted by Crippen LogP contribution is -2.34. The number of nitrogens with zero attached hydrogens (tertiary/aromatic N) is 2. The Kier molecular flexibility index (Phi) is 5.44. The maximum atomic E-state index is 13.4. The summed E-state index contributed by atoms with van der Waals surface area (Å²) >= 11 is 6.30. The Labute approximate surface area is 183 Å². The third-order valence-electron chi connectivity index (χ3n) is 5.00. The van der Waals surface area contributed by atoms with Gasteiger partial charge in [0.05, 0.1) is 22.7 Å². The van der Waals surface area contributed by atoms with Crippen LogP contribution in [0.2, 0.25) is 0 Å². The van der Waals surface area contributed by atoms with Gasteiger partial charge < -0.3 is 14.8 Å². The number of para-hydroxylation sites is 1. The standard InChI is InChI=1S/C22H18N2O4S2/c1-13-6-8-14(9-7-13)12-24-16-5-3-2-4-15(16)18(20(24)27)19-21(28)23(22(29)30-19)11-10-17(25)26/h2-9H,10-12H2,1H3,(H,25,26)/p-1. The second-order valence-electron chi connectivity index (χ2n) is 7.04. The molecule has 6 nitrogen and oxygen atoms in total. The third kappa shape index (κ3) is 3.64. The molecule has 8 heteroatoms. The molecule has 2 aromatic rings. The van der Waals surface area contributed by atoms with Gasteiger partial charge in [-0.1, -0.05) is 72.0 Å². The highest BCUT2D eigenvalue weighted by molar-refractivity contribution is 8.26. The SMILES string of the molecule is Cc1ccc(CN2C(=O)C(=C3SC(=S)N(CCC(=O)[O-])C3=O)c3ccccc32)cc1. The predicted octanol–water partition coefficient (Wildman–Crippen LogP) is 2.25. The van der Waals surface area contributed by atoms with Crippen molar-refractivity contribution in [3.8, 4) is 0 Å². The summed E-state index contributed by atoms with van der Waals surface area (Å²) < 4.78 is 0.242. The number of aliphatic carboxylic acids is 1. The van der Waals surface area contributed by atoms with Crippen molar-refractivity contribution in [1.82, 2.24) is 4.90 Å². The number of carbonyl (C=O) groups is 3. The minimum atomic E-state index is -1.26. The van der Waals surface area contributed by atoms with E-state index in [2.05, 4.69) is 0 Å². The van der Waals surface area contributed by atoms with Crippen molar-refractivity contribution in [2.24, 2.45) is 0 Å². The molecule has 2 aliphatic heterocycles. The molecule has 30 heavy (non-hydrogen) atoms. The summed E-state index contributed by atoms with van der Waals surface area (Å²) in [5.74, 6) is -1.97. The Hall–Kier alpha value is -2.97. The first-order valence-electron chi connectivity index (χ1n) is 9.31. The molecule has 2 heterocycles. The second-order valence-corrected chi connectivity index (χ2v) is 8.69. The number of benzene rings is 2. The van der Waals surface area contributed by atoms with Crippen LogP contribution in [0, 0.1) is 6.92 Å². The number of amides is 2. The van der Waals surface area contributed by atoms with Gasteiger partial charge in [-0.15, -0.1) is 0 Å². The summed E-state index contributed by atoms with van der Waals surface area (Å²) in [7, 11) is 0. The van der Waals surface area contributed by atoms with Crippen molar-refractivity contribution in [2.75, 3.05) is 11.4 Å². The highest BCUT2D eigenvalue weighted by Gasteiger charge is 2.41. The van der Waals surface area contributed by atoms with Crippen LogP contribution in [0.15, 0.2) is 53.4 Å². The Morgan fingerprint density at radius 1 is 1.03 bits per heavy atom. The smallest absolute Gasteiger partial charge is 0.267 e. The lowest BCUT2D eigenvalue weighted by Gasteiger charge is -2.17. The number of thioether (sulfide) groups is 1. The van der Waals surface area contributed by atoms with Crippen LogP contribution < -0.4 is 10.0 Å². The number of carbonyl (C=O) groups excluding carboxylic acids is 3. The maximum Gasteiger partial charge on any atom is 0.267 e. The van der Waals surface area contributed by atoms with Gasteiger partial charge in [-0.2, -0.15) is 0 Å². The number of carboxylic acid groups (broad SMARTS) is 1. The fourth-order valence-corrected chi connectivity index (χ4v) is 4.86. The molecule has 152 valence electrons. The molecular formula is C22H17N2O4S2-. The largest absolute Gasteiger partial charge is 0.550 e. The van der Waals surface area contributed by atoms with Crippen LogP contribution in [-0.2, 0) is 20.9 Å². The number of hydrogen-bond donors (Lipinski definition) is 0. The van der Waals surface area contributed by atoms with Gasteiger partial charge in [-0.05, 0) is 18.6 Å². The molecule has 2 aromatic carbocycles. The summed E-state index contributed by atoms with van der Waals surface area (Å²) in [6.45, 7) is 2.30. The molecule has 2 aliphatic rings. The zero-order valence-electron chi connectivity index (χ0n) is 16.1.